The van der Waals surface area contributed by atoms with Gasteiger partial charge < -0.3 is 24.6 Å². The summed E-state index contributed by atoms with van der Waals surface area (Å²) in [4.78, 5) is 31.7. The van der Waals surface area contributed by atoms with Crippen molar-refractivity contribution in [3.8, 4) is 17.2 Å². The Bertz CT molecular complexity index is 1220. The summed E-state index contributed by atoms with van der Waals surface area (Å²) in [6.07, 6.45) is 3.20. The van der Waals surface area contributed by atoms with Crippen LogP contribution in [0.1, 0.15) is 22.7 Å². The number of phenolic OH excluding ortho intramolecular Hbond substituents is 1. The number of carbonyl (C=O) groups excluding carboxylic acids is 2. The molecule has 4 rings (SSSR count). The number of aromatic hydroxyl groups is 1. The number of aliphatic hydroxyl groups excluding tert-OH is 1. The van der Waals surface area contributed by atoms with Crippen LogP contribution in [0, 0.1) is 0 Å². The second-order valence-electron chi connectivity index (χ2n) is 7.44. The Balaban J connectivity index is 1.91. The van der Waals surface area contributed by atoms with E-state index in [4.69, 9.17) is 9.47 Å². The Morgan fingerprint density at radius 1 is 1.00 bits per heavy atom. The molecule has 1 amide bonds. The fourth-order valence-electron chi connectivity index (χ4n) is 3.88. The average Bonchev–Trinajstić information content (AvgIpc) is 3.09. The zero-order chi connectivity index (χ0) is 23.5. The fourth-order valence-corrected chi connectivity index (χ4v) is 3.88. The summed E-state index contributed by atoms with van der Waals surface area (Å²) in [5.74, 6) is -1.13. The van der Waals surface area contributed by atoms with Gasteiger partial charge in [0.25, 0.3) is 11.7 Å². The predicted octanol–water partition coefficient (Wildman–Crippen LogP) is 3.43. The topological polar surface area (TPSA) is 109 Å². The van der Waals surface area contributed by atoms with E-state index in [1.165, 1.54) is 31.3 Å². The largest absolute Gasteiger partial charge is 0.508 e. The van der Waals surface area contributed by atoms with Gasteiger partial charge in [-0.25, -0.2) is 0 Å². The first-order valence-electron chi connectivity index (χ1n) is 10.1. The maximum absolute atomic E-state index is 13.2. The predicted molar refractivity (Wildman–Crippen MR) is 120 cm³/mol. The first kappa shape index (κ1) is 21.9. The lowest BCUT2D eigenvalue weighted by Crippen LogP contribution is -2.29. The maximum atomic E-state index is 13.2. The van der Waals surface area contributed by atoms with Crippen LogP contribution in [0.15, 0.2) is 72.6 Å². The summed E-state index contributed by atoms with van der Waals surface area (Å²) in [6, 6.07) is 13.6. The van der Waals surface area contributed by atoms with E-state index in [0.29, 0.717) is 17.1 Å². The number of nitrogens with zero attached hydrogens (tertiary/aromatic N) is 2. The van der Waals surface area contributed by atoms with E-state index in [1.807, 2.05) is 0 Å². The summed E-state index contributed by atoms with van der Waals surface area (Å²) < 4.78 is 10.6. The molecule has 2 N–H and O–H groups in total. The third-order valence-electron chi connectivity index (χ3n) is 5.51. The van der Waals surface area contributed by atoms with Gasteiger partial charge in [0, 0.05) is 18.9 Å². The van der Waals surface area contributed by atoms with Gasteiger partial charge >= 0.3 is 0 Å². The van der Waals surface area contributed by atoms with E-state index in [-0.39, 0.29) is 29.2 Å². The molecule has 0 spiro atoms. The minimum Gasteiger partial charge on any atom is -0.508 e. The lowest BCUT2D eigenvalue weighted by molar-refractivity contribution is -0.140. The Morgan fingerprint density at radius 2 is 1.70 bits per heavy atom. The number of Topliss-reactive ketones (excluding diaryl/α,β-unsaturated/α-hetero) is 1. The molecule has 0 bridgehead atoms. The molecule has 2 aromatic carbocycles. The van der Waals surface area contributed by atoms with Crippen molar-refractivity contribution in [2.45, 2.75) is 12.6 Å². The van der Waals surface area contributed by atoms with Crippen molar-refractivity contribution in [1.82, 2.24) is 9.88 Å². The molecule has 0 aliphatic carbocycles. The fraction of sp³-hybridized carbons (Fsp3) is 0.160. The number of carbonyl (C=O) groups is 2. The van der Waals surface area contributed by atoms with Gasteiger partial charge in [-0.15, -0.1) is 0 Å². The molecule has 1 aliphatic heterocycles. The molecule has 8 heteroatoms. The molecule has 33 heavy (non-hydrogen) atoms. The minimum atomic E-state index is -0.880. The summed E-state index contributed by atoms with van der Waals surface area (Å²) in [7, 11) is 2.92. The number of ketones is 1. The molecule has 1 aromatic heterocycles. The summed E-state index contributed by atoms with van der Waals surface area (Å²) in [5.41, 5.74) is 1.48. The van der Waals surface area contributed by atoms with E-state index >= 15 is 0 Å². The van der Waals surface area contributed by atoms with Gasteiger partial charge in [0.05, 0.1) is 31.4 Å². The number of pyridine rings is 1. The molecule has 1 fully saturated rings. The van der Waals surface area contributed by atoms with Crippen LogP contribution in [-0.4, -0.2) is 46.0 Å². The SMILES string of the molecule is COc1ccc(OC)c(/C(O)=C2\C(=O)C(=O)N(Cc3ccncc3)C2c2ccc(O)cc2)c1. The molecule has 0 saturated carbocycles. The standard InChI is InChI=1S/C25H22N2O6/c1-32-18-7-8-20(33-2)19(13-18)23(29)21-22(16-3-5-17(28)6-4-16)27(25(31)24(21)30)14-15-9-11-26-12-10-15/h3-13,22,28-29H,14H2,1-2H3/b23-21+. The van der Waals surface area contributed by atoms with Crippen LogP contribution in [-0.2, 0) is 16.1 Å². The Hall–Kier alpha value is -4.33. The van der Waals surface area contributed by atoms with Crippen LogP contribution < -0.4 is 9.47 Å². The van der Waals surface area contributed by atoms with Gasteiger partial charge in [0.2, 0.25) is 0 Å². The van der Waals surface area contributed by atoms with Crippen LogP contribution in [0.2, 0.25) is 0 Å². The Labute approximate surface area is 190 Å². The zero-order valence-electron chi connectivity index (χ0n) is 18.1. The molecule has 1 atom stereocenters. The second kappa shape index (κ2) is 9.04. The molecule has 1 saturated heterocycles. The monoisotopic (exact) mass is 446 g/mol. The smallest absolute Gasteiger partial charge is 0.295 e. The number of methoxy groups -OCH3 is 2. The number of aromatic nitrogens is 1. The van der Waals surface area contributed by atoms with E-state index in [2.05, 4.69) is 4.98 Å². The molecule has 1 aliphatic rings. The number of benzene rings is 2. The number of ether oxygens (including phenoxy) is 2. The van der Waals surface area contributed by atoms with Gasteiger partial charge in [-0.2, -0.15) is 0 Å². The van der Waals surface area contributed by atoms with Crippen molar-refractivity contribution in [2.75, 3.05) is 14.2 Å². The number of likely N-dealkylation sites (tertiary alicyclic amines) is 1. The normalized spacial score (nSPS) is 17.3. The van der Waals surface area contributed by atoms with Crippen LogP contribution in [0.4, 0.5) is 0 Å². The molecule has 3 aromatic rings. The third kappa shape index (κ3) is 4.10. The van der Waals surface area contributed by atoms with Crippen molar-refractivity contribution in [2.24, 2.45) is 0 Å². The van der Waals surface area contributed by atoms with E-state index < -0.39 is 17.7 Å². The highest BCUT2D eigenvalue weighted by Crippen LogP contribution is 2.42. The summed E-state index contributed by atoms with van der Waals surface area (Å²) in [6.45, 7) is 0.130. The van der Waals surface area contributed by atoms with Crippen molar-refractivity contribution >= 4 is 17.4 Å². The van der Waals surface area contributed by atoms with Crippen LogP contribution >= 0.6 is 0 Å². The number of phenols is 1. The Kier molecular flexibility index (Phi) is 5.99. The van der Waals surface area contributed by atoms with Crippen molar-refractivity contribution < 1.29 is 29.3 Å². The number of hydrogen-bond donors (Lipinski definition) is 2. The molecular weight excluding hydrogens is 424 g/mol. The van der Waals surface area contributed by atoms with E-state index in [1.54, 1.807) is 54.9 Å². The zero-order valence-corrected chi connectivity index (χ0v) is 18.1. The van der Waals surface area contributed by atoms with Crippen molar-refractivity contribution in [3.63, 3.8) is 0 Å². The number of amides is 1. The van der Waals surface area contributed by atoms with E-state index in [0.717, 1.165) is 5.56 Å². The number of aliphatic hydroxyl groups is 1. The number of rotatable bonds is 6. The summed E-state index contributed by atoms with van der Waals surface area (Å²) >= 11 is 0. The van der Waals surface area contributed by atoms with Crippen LogP contribution in [0.25, 0.3) is 5.76 Å². The van der Waals surface area contributed by atoms with E-state index in [9.17, 15) is 19.8 Å². The van der Waals surface area contributed by atoms with Crippen LogP contribution in [0.5, 0.6) is 17.2 Å². The first-order valence-corrected chi connectivity index (χ1v) is 10.1. The molecule has 2 heterocycles. The lowest BCUT2D eigenvalue weighted by Gasteiger charge is -2.25. The van der Waals surface area contributed by atoms with Crippen molar-refractivity contribution in [3.05, 3.63) is 89.3 Å². The lowest BCUT2D eigenvalue weighted by atomic mass is 9.94. The summed E-state index contributed by atoms with van der Waals surface area (Å²) in [5, 5.41) is 21.0. The quantitative estimate of drug-likeness (QED) is 0.339. The third-order valence-corrected chi connectivity index (χ3v) is 5.51. The van der Waals surface area contributed by atoms with Gasteiger partial charge in [0.1, 0.15) is 23.0 Å². The van der Waals surface area contributed by atoms with Gasteiger partial charge in [-0.05, 0) is 53.6 Å². The second-order valence-corrected chi connectivity index (χ2v) is 7.44. The highest BCUT2D eigenvalue weighted by atomic mass is 16.5. The van der Waals surface area contributed by atoms with Gasteiger partial charge in [-0.3, -0.25) is 14.6 Å². The molecular formula is C25H22N2O6. The molecule has 0 radical (unpaired) electrons. The Morgan fingerprint density at radius 3 is 2.33 bits per heavy atom. The van der Waals surface area contributed by atoms with Gasteiger partial charge in [-0.1, -0.05) is 12.1 Å². The number of hydrogen-bond acceptors (Lipinski definition) is 7. The van der Waals surface area contributed by atoms with Crippen molar-refractivity contribution in [1.29, 1.82) is 0 Å². The highest BCUT2D eigenvalue weighted by Gasteiger charge is 2.46. The van der Waals surface area contributed by atoms with Gasteiger partial charge in [0.15, 0.2) is 0 Å². The molecule has 168 valence electrons. The minimum absolute atomic E-state index is 0.0410. The highest BCUT2D eigenvalue weighted by molar-refractivity contribution is 6.46. The average molecular weight is 446 g/mol. The molecule has 8 nitrogen and oxygen atoms in total. The maximum Gasteiger partial charge on any atom is 0.295 e. The first-order chi connectivity index (χ1) is 15.9. The molecule has 1 unspecified atom stereocenters. The van der Waals surface area contributed by atoms with Crippen LogP contribution in [0.3, 0.4) is 0 Å².